The fourth-order valence-electron chi connectivity index (χ4n) is 4.84. The Bertz CT molecular complexity index is 381. The van der Waals surface area contributed by atoms with E-state index in [4.69, 9.17) is 8.85 Å². The summed E-state index contributed by atoms with van der Waals surface area (Å²) in [5.41, 5.74) is 0.343. The lowest BCUT2D eigenvalue weighted by Crippen LogP contribution is -2.42. The zero-order chi connectivity index (χ0) is 24.5. The average Bonchev–Trinajstić information content (AvgIpc) is 2.79. The lowest BCUT2D eigenvalue weighted by Gasteiger charge is -2.40. The number of nitrogens with zero attached hydrogens (tertiary/aromatic N) is 3. The second-order valence-corrected chi connectivity index (χ2v) is 12.7. The molecule has 5 nitrogen and oxygen atoms in total. The van der Waals surface area contributed by atoms with Gasteiger partial charge in [0.05, 0.1) is 0 Å². The van der Waals surface area contributed by atoms with Crippen molar-refractivity contribution in [1.29, 1.82) is 0 Å². The van der Waals surface area contributed by atoms with Crippen molar-refractivity contribution < 1.29 is 8.85 Å². The number of hydrogen-bond donors (Lipinski definition) is 0. The molecule has 0 unspecified atom stereocenters. The molecule has 194 valence electrons. The first-order chi connectivity index (χ1) is 15.3. The SMILES string of the molecule is CCO[Si](C)(CCC(CCN(CC)CC)(CCN(CC)CC)CCN(CC)CC)OCC. The van der Waals surface area contributed by atoms with E-state index in [2.05, 4.69) is 76.6 Å². The minimum Gasteiger partial charge on any atom is -0.395 e. The molecule has 0 aromatic rings. The molecule has 0 saturated heterocycles. The van der Waals surface area contributed by atoms with E-state index in [0.29, 0.717) is 5.41 Å². The molecular weight excluding hydrogens is 414 g/mol. The summed E-state index contributed by atoms with van der Waals surface area (Å²) in [6, 6.07) is 1.10. The molecule has 0 aliphatic rings. The Morgan fingerprint density at radius 2 is 0.844 bits per heavy atom. The van der Waals surface area contributed by atoms with Gasteiger partial charge in [-0.15, -0.1) is 0 Å². The lowest BCUT2D eigenvalue weighted by molar-refractivity contribution is 0.116. The fraction of sp³-hybridized carbons (Fsp3) is 1.00. The third-order valence-corrected chi connectivity index (χ3v) is 10.5. The maximum absolute atomic E-state index is 6.25. The van der Waals surface area contributed by atoms with Crippen LogP contribution in [0.2, 0.25) is 12.6 Å². The number of rotatable bonds is 22. The standard InChI is InChI=1S/C26H59N3O2Si/c1-10-27(11-2)22-18-26(19-23-28(12-3)13-4,20-24-29(14-5)15-6)21-25-32(9,30-16-7)31-17-8/h10-25H2,1-9H3. The highest BCUT2D eigenvalue weighted by molar-refractivity contribution is 6.66. The predicted octanol–water partition coefficient (Wildman–Crippen LogP) is 5.70. The fourth-order valence-corrected chi connectivity index (χ4v) is 7.42. The Hall–Kier alpha value is 0.0169. The first kappa shape index (κ1) is 32.0. The summed E-state index contributed by atoms with van der Waals surface area (Å²) < 4.78 is 12.5. The van der Waals surface area contributed by atoms with Crippen LogP contribution in [0.3, 0.4) is 0 Å². The summed E-state index contributed by atoms with van der Waals surface area (Å²) in [5, 5.41) is 0. The Morgan fingerprint density at radius 1 is 0.531 bits per heavy atom. The van der Waals surface area contributed by atoms with Gasteiger partial charge in [0.25, 0.3) is 0 Å². The molecule has 0 radical (unpaired) electrons. The first-order valence-electron chi connectivity index (χ1n) is 13.8. The summed E-state index contributed by atoms with van der Waals surface area (Å²) in [6.07, 6.45) is 5.05. The smallest absolute Gasteiger partial charge is 0.334 e. The zero-order valence-corrected chi connectivity index (χ0v) is 24.5. The van der Waals surface area contributed by atoms with Crippen LogP contribution >= 0.6 is 0 Å². The van der Waals surface area contributed by atoms with Crippen molar-refractivity contribution in [2.45, 2.75) is 93.7 Å². The highest BCUT2D eigenvalue weighted by Gasteiger charge is 2.37. The van der Waals surface area contributed by atoms with E-state index in [9.17, 15) is 0 Å². The quantitative estimate of drug-likeness (QED) is 0.188. The van der Waals surface area contributed by atoms with Crippen molar-refractivity contribution in [3.63, 3.8) is 0 Å². The van der Waals surface area contributed by atoms with Crippen molar-refractivity contribution in [2.24, 2.45) is 5.41 Å². The van der Waals surface area contributed by atoms with Crippen molar-refractivity contribution in [3.8, 4) is 0 Å². The van der Waals surface area contributed by atoms with Gasteiger partial charge in [-0.2, -0.15) is 0 Å². The zero-order valence-electron chi connectivity index (χ0n) is 23.5. The summed E-state index contributed by atoms with van der Waals surface area (Å²) in [4.78, 5) is 7.81. The van der Waals surface area contributed by atoms with E-state index >= 15 is 0 Å². The summed E-state index contributed by atoms with van der Waals surface area (Å²) in [6.45, 7) is 32.2. The summed E-state index contributed by atoms with van der Waals surface area (Å²) in [7, 11) is -2.12. The molecule has 32 heavy (non-hydrogen) atoms. The lowest BCUT2D eigenvalue weighted by atomic mass is 9.75. The van der Waals surface area contributed by atoms with E-state index in [1.54, 1.807) is 0 Å². The molecule has 0 spiro atoms. The highest BCUT2D eigenvalue weighted by atomic mass is 28.4. The molecule has 0 aromatic heterocycles. The van der Waals surface area contributed by atoms with Crippen LogP contribution in [0.15, 0.2) is 0 Å². The molecule has 0 fully saturated rings. The van der Waals surface area contributed by atoms with Crippen LogP contribution in [0.25, 0.3) is 0 Å². The molecule has 0 aromatic carbocycles. The van der Waals surface area contributed by atoms with Gasteiger partial charge in [-0.3, -0.25) is 0 Å². The van der Waals surface area contributed by atoms with Crippen LogP contribution in [0.1, 0.15) is 81.1 Å². The Balaban J connectivity index is 5.75. The third-order valence-electron chi connectivity index (χ3n) is 7.57. The van der Waals surface area contributed by atoms with E-state index in [1.807, 2.05) is 0 Å². The van der Waals surface area contributed by atoms with Crippen LogP contribution in [-0.2, 0) is 8.85 Å². The number of hydrogen-bond acceptors (Lipinski definition) is 5. The van der Waals surface area contributed by atoms with Gasteiger partial charge >= 0.3 is 8.56 Å². The summed E-state index contributed by atoms with van der Waals surface area (Å²) in [5.74, 6) is 0. The van der Waals surface area contributed by atoms with Gasteiger partial charge in [0.15, 0.2) is 0 Å². The van der Waals surface area contributed by atoms with Crippen LogP contribution < -0.4 is 0 Å². The van der Waals surface area contributed by atoms with E-state index < -0.39 is 8.56 Å². The molecule has 0 aliphatic heterocycles. The minimum absolute atomic E-state index is 0.343. The van der Waals surface area contributed by atoms with Crippen molar-refractivity contribution in [1.82, 2.24) is 14.7 Å². The third kappa shape index (κ3) is 12.5. The van der Waals surface area contributed by atoms with Crippen molar-refractivity contribution >= 4 is 8.56 Å². The highest BCUT2D eigenvalue weighted by Crippen LogP contribution is 2.39. The Labute approximate surface area is 203 Å². The molecule has 0 heterocycles. The molecule has 0 bridgehead atoms. The molecule has 0 N–H and O–H groups in total. The Morgan fingerprint density at radius 3 is 1.09 bits per heavy atom. The van der Waals surface area contributed by atoms with Gasteiger partial charge in [0, 0.05) is 13.2 Å². The first-order valence-corrected chi connectivity index (χ1v) is 16.3. The second kappa shape index (κ2) is 18.4. The average molecular weight is 474 g/mol. The van der Waals surface area contributed by atoms with Crippen LogP contribution in [0.5, 0.6) is 0 Å². The van der Waals surface area contributed by atoms with Crippen molar-refractivity contribution in [3.05, 3.63) is 0 Å². The largest absolute Gasteiger partial charge is 0.395 e. The Kier molecular flexibility index (Phi) is 18.4. The van der Waals surface area contributed by atoms with Gasteiger partial charge in [0.1, 0.15) is 0 Å². The van der Waals surface area contributed by atoms with E-state index in [-0.39, 0.29) is 0 Å². The second-order valence-electron chi connectivity index (χ2n) is 9.33. The van der Waals surface area contributed by atoms with Gasteiger partial charge in [0.2, 0.25) is 0 Å². The maximum atomic E-state index is 6.25. The maximum Gasteiger partial charge on any atom is 0.334 e. The molecule has 6 heteroatoms. The predicted molar refractivity (Wildman–Crippen MR) is 144 cm³/mol. The van der Waals surface area contributed by atoms with Crippen LogP contribution in [-0.4, -0.2) is 95.4 Å². The van der Waals surface area contributed by atoms with Gasteiger partial charge in [-0.05, 0) is 116 Å². The topological polar surface area (TPSA) is 28.2 Å². The monoisotopic (exact) mass is 473 g/mol. The molecule has 0 atom stereocenters. The van der Waals surface area contributed by atoms with E-state index in [0.717, 1.165) is 58.5 Å². The van der Waals surface area contributed by atoms with Gasteiger partial charge < -0.3 is 23.6 Å². The summed E-state index contributed by atoms with van der Waals surface area (Å²) >= 11 is 0. The molecule has 0 amide bonds. The van der Waals surface area contributed by atoms with E-state index in [1.165, 1.54) is 45.3 Å². The molecular formula is C26H59N3O2Si. The molecule has 0 rings (SSSR count). The van der Waals surface area contributed by atoms with Crippen LogP contribution in [0.4, 0.5) is 0 Å². The van der Waals surface area contributed by atoms with Crippen molar-refractivity contribution in [2.75, 3.05) is 72.1 Å². The normalized spacial score (nSPS) is 13.1. The molecule has 0 saturated carbocycles. The van der Waals surface area contributed by atoms with Crippen LogP contribution in [0, 0.1) is 5.41 Å². The van der Waals surface area contributed by atoms with Gasteiger partial charge in [-0.25, -0.2) is 0 Å². The molecule has 0 aliphatic carbocycles. The van der Waals surface area contributed by atoms with Gasteiger partial charge in [-0.1, -0.05) is 41.5 Å². The minimum atomic E-state index is -2.12.